The van der Waals surface area contributed by atoms with Gasteiger partial charge in [-0.2, -0.15) is 0 Å². The van der Waals surface area contributed by atoms with Crippen LogP contribution in [0.1, 0.15) is 6.42 Å². The second-order valence-corrected chi connectivity index (χ2v) is 3.51. The van der Waals surface area contributed by atoms with E-state index in [4.69, 9.17) is 4.74 Å². The van der Waals surface area contributed by atoms with Crippen LogP contribution in [-0.4, -0.2) is 21.4 Å². The van der Waals surface area contributed by atoms with Crippen LogP contribution >= 0.6 is 45.2 Å². The first-order chi connectivity index (χ1) is 4.31. The molecule has 0 aromatic carbocycles. The van der Waals surface area contributed by atoms with Crippen LogP contribution in [0.25, 0.3) is 0 Å². The number of carbonyl (C=O) groups is 1. The lowest BCUT2D eigenvalue weighted by Gasteiger charge is -1.98. The first kappa shape index (κ1) is 9.93. The molecular formula is C5H8I2O2. The van der Waals surface area contributed by atoms with Gasteiger partial charge >= 0.3 is 5.97 Å². The summed E-state index contributed by atoms with van der Waals surface area (Å²) >= 11 is 4.32. The minimum absolute atomic E-state index is 0.0823. The van der Waals surface area contributed by atoms with Crippen LogP contribution in [0.2, 0.25) is 0 Å². The Bertz CT molecular complexity index is 85.0. The molecule has 0 aliphatic carbocycles. The lowest BCUT2D eigenvalue weighted by molar-refractivity contribution is -0.142. The van der Waals surface area contributed by atoms with E-state index in [1.54, 1.807) is 0 Å². The van der Waals surface area contributed by atoms with Gasteiger partial charge in [0.05, 0.1) is 6.42 Å². The van der Waals surface area contributed by atoms with E-state index < -0.39 is 0 Å². The molecule has 0 heterocycles. The largest absolute Gasteiger partial charge is 0.465 e. The predicted octanol–water partition coefficient (Wildman–Crippen LogP) is 1.79. The Balaban J connectivity index is 3.06. The van der Waals surface area contributed by atoms with E-state index in [1.165, 1.54) is 0 Å². The molecule has 4 heteroatoms. The molecule has 0 bridgehead atoms. The molecule has 0 fully saturated rings. The van der Waals surface area contributed by atoms with Crippen molar-refractivity contribution in [2.45, 2.75) is 6.42 Å². The summed E-state index contributed by atoms with van der Waals surface area (Å²) in [4.78, 5) is 10.6. The van der Waals surface area contributed by atoms with Crippen molar-refractivity contribution in [2.24, 2.45) is 0 Å². The summed E-state index contributed by atoms with van der Waals surface area (Å²) in [7, 11) is 0. The van der Waals surface area contributed by atoms with E-state index in [2.05, 4.69) is 45.2 Å². The normalized spacial score (nSPS) is 9.11. The highest BCUT2D eigenvalue weighted by molar-refractivity contribution is 14.1. The molecule has 0 aliphatic heterocycles. The van der Waals surface area contributed by atoms with Gasteiger partial charge in [0.15, 0.2) is 0 Å². The molecule has 0 radical (unpaired) electrons. The van der Waals surface area contributed by atoms with Crippen molar-refractivity contribution in [3.05, 3.63) is 0 Å². The fraction of sp³-hybridized carbons (Fsp3) is 0.800. The molecule has 0 amide bonds. The number of esters is 1. The van der Waals surface area contributed by atoms with E-state index in [0.717, 1.165) is 8.86 Å². The molecule has 54 valence electrons. The van der Waals surface area contributed by atoms with Crippen LogP contribution in [0, 0.1) is 0 Å². The molecule has 0 unspecified atom stereocenters. The number of ether oxygens (including phenoxy) is 1. The molecule has 0 atom stereocenters. The van der Waals surface area contributed by atoms with Gasteiger partial charge in [0, 0.05) is 8.86 Å². The van der Waals surface area contributed by atoms with Crippen molar-refractivity contribution in [3.8, 4) is 0 Å². The Kier molecular flexibility index (Phi) is 7.77. The summed E-state index contributed by atoms with van der Waals surface area (Å²) in [5.74, 6) is -0.0823. The van der Waals surface area contributed by atoms with Crippen molar-refractivity contribution in [1.82, 2.24) is 0 Å². The highest BCUT2D eigenvalue weighted by atomic mass is 127. The highest BCUT2D eigenvalue weighted by Crippen LogP contribution is 1.92. The van der Waals surface area contributed by atoms with E-state index in [-0.39, 0.29) is 5.97 Å². The van der Waals surface area contributed by atoms with Crippen LogP contribution in [0.15, 0.2) is 0 Å². The van der Waals surface area contributed by atoms with Crippen LogP contribution in [0.5, 0.6) is 0 Å². The van der Waals surface area contributed by atoms with Gasteiger partial charge in [0.25, 0.3) is 0 Å². The summed E-state index contributed by atoms with van der Waals surface area (Å²) < 4.78 is 6.51. The maximum atomic E-state index is 10.6. The Morgan fingerprint density at radius 2 is 2.00 bits per heavy atom. The van der Waals surface area contributed by atoms with Crippen molar-refractivity contribution in [2.75, 3.05) is 15.5 Å². The minimum atomic E-state index is -0.0823. The zero-order valence-electron chi connectivity index (χ0n) is 4.90. The van der Waals surface area contributed by atoms with Crippen LogP contribution in [0.3, 0.4) is 0 Å². The number of hydrogen-bond acceptors (Lipinski definition) is 2. The lowest BCUT2D eigenvalue weighted by atomic mass is 10.5. The third kappa shape index (κ3) is 6.82. The number of hydrogen-bond donors (Lipinski definition) is 0. The summed E-state index contributed by atoms with van der Waals surface area (Å²) in [5, 5.41) is 0. The Morgan fingerprint density at radius 1 is 1.33 bits per heavy atom. The van der Waals surface area contributed by atoms with Gasteiger partial charge in [-0.1, -0.05) is 45.2 Å². The van der Waals surface area contributed by atoms with Gasteiger partial charge in [0.1, 0.15) is 6.61 Å². The van der Waals surface area contributed by atoms with Crippen molar-refractivity contribution in [1.29, 1.82) is 0 Å². The van der Waals surface area contributed by atoms with Crippen LogP contribution in [0.4, 0.5) is 0 Å². The maximum Gasteiger partial charge on any atom is 0.306 e. The van der Waals surface area contributed by atoms with Gasteiger partial charge < -0.3 is 4.74 Å². The molecule has 0 aromatic rings. The van der Waals surface area contributed by atoms with E-state index in [9.17, 15) is 4.79 Å². The first-order valence-electron chi connectivity index (χ1n) is 2.58. The topological polar surface area (TPSA) is 26.3 Å². The lowest BCUT2D eigenvalue weighted by Crippen LogP contribution is -2.06. The quantitative estimate of drug-likeness (QED) is 0.437. The molecule has 0 N–H and O–H groups in total. The number of halogens is 2. The fourth-order valence-electron chi connectivity index (χ4n) is 0.302. The third-order valence-corrected chi connectivity index (χ3v) is 1.62. The summed E-state index contributed by atoms with van der Waals surface area (Å²) in [6, 6.07) is 0. The van der Waals surface area contributed by atoms with Gasteiger partial charge in [0.2, 0.25) is 0 Å². The van der Waals surface area contributed by atoms with E-state index in [1.807, 2.05) is 0 Å². The SMILES string of the molecule is O=C(CCI)OCCI. The number of carbonyl (C=O) groups excluding carboxylic acids is 1. The Labute approximate surface area is 82.0 Å². The predicted molar refractivity (Wildman–Crippen MR) is 53.4 cm³/mol. The summed E-state index contributed by atoms with van der Waals surface area (Å²) in [6.07, 6.45) is 0.539. The maximum absolute atomic E-state index is 10.6. The smallest absolute Gasteiger partial charge is 0.306 e. The first-order valence-corrected chi connectivity index (χ1v) is 5.64. The molecule has 0 aliphatic rings. The zero-order valence-corrected chi connectivity index (χ0v) is 9.22. The number of alkyl halides is 2. The molecule has 0 saturated carbocycles. The van der Waals surface area contributed by atoms with Gasteiger partial charge in [-0.05, 0) is 0 Å². The number of rotatable bonds is 4. The molecule has 2 nitrogen and oxygen atoms in total. The molecule has 9 heavy (non-hydrogen) atoms. The second kappa shape index (κ2) is 7.04. The third-order valence-electron chi connectivity index (χ3n) is 0.639. The average Bonchev–Trinajstić information content (AvgIpc) is 1.85. The van der Waals surface area contributed by atoms with Crippen LogP contribution in [-0.2, 0) is 9.53 Å². The van der Waals surface area contributed by atoms with Crippen molar-refractivity contribution >= 4 is 51.2 Å². The minimum Gasteiger partial charge on any atom is -0.465 e. The Hall–Kier alpha value is 0.930. The fourth-order valence-corrected chi connectivity index (χ4v) is 0.962. The molecule has 0 rings (SSSR count). The zero-order chi connectivity index (χ0) is 7.11. The Morgan fingerprint density at radius 3 is 2.44 bits per heavy atom. The molecule has 0 spiro atoms. The van der Waals surface area contributed by atoms with Crippen LogP contribution < -0.4 is 0 Å². The van der Waals surface area contributed by atoms with Crippen molar-refractivity contribution < 1.29 is 9.53 Å². The van der Waals surface area contributed by atoms with E-state index >= 15 is 0 Å². The average molecular weight is 354 g/mol. The van der Waals surface area contributed by atoms with Gasteiger partial charge in [-0.3, -0.25) is 4.79 Å². The molecule has 0 aromatic heterocycles. The molecule has 0 saturated heterocycles. The monoisotopic (exact) mass is 354 g/mol. The second-order valence-electron chi connectivity index (χ2n) is 1.35. The van der Waals surface area contributed by atoms with Gasteiger partial charge in [-0.25, -0.2) is 0 Å². The highest BCUT2D eigenvalue weighted by Gasteiger charge is 1.97. The summed E-state index contributed by atoms with van der Waals surface area (Å²) in [5.41, 5.74) is 0. The molecular weight excluding hydrogens is 346 g/mol. The van der Waals surface area contributed by atoms with Crippen molar-refractivity contribution in [3.63, 3.8) is 0 Å². The standard InChI is InChI=1S/C5H8I2O2/c6-2-1-5(8)9-4-3-7/h1-4H2. The van der Waals surface area contributed by atoms with E-state index in [0.29, 0.717) is 13.0 Å². The summed E-state index contributed by atoms with van der Waals surface area (Å²) in [6.45, 7) is 0.552. The van der Waals surface area contributed by atoms with Gasteiger partial charge in [-0.15, -0.1) is 0 Å².